The number of aryl methyl sites for hydroxylation is 1. The molecule has 0 aliphatic carbocycles. The molecule has 0 spiro atoms. The number of fused-ring (bicyclic) bond motifs is 1. The minimum atomic E-state index is -0.280. The molecule has 0 fully saturated rings. The lowest BCUT2D eigenvalue weighted by molar-refractivity contribution is 0.102. The third-order valence-electron chi connectivity index (χ3n) is 4.16. The van der Waals surface area contributed by atoms with Gasteiger partial charge in [0.25, 0.3) is 5.91 Å². The van der Waals surface area contributed by atoms with Gasteiger partial charge in [-0.1, -0.05) is 0 Å². The Kier molecular flexibility index (Phi) is 4.27. The number of rotatable bonds is 3. The molecule has 0 aromatic carbocycles. The van der Waals surface area contributed by atoms with Crippen molar-refractivity contribution >= 4 is 27.8 Å². The van der Waals surface area contributed by atoms with Crippen LogP contribution in [0.3, 0.4) is 0 Å². The second kappa shape index (κ2) is 6.72. The predicted octanol–water partition coefficient (Wildman–Crippen LogP) is 3.01. The fourth-order valence-corrected chi connectivity index (χ4v) is 3.37. The summed E-state index contributed by atoms with van der Waals surface area (Å²) in [6.45, 7) is 0. The maximum atomic E-state index is 12.4. The van der Waals surface area contributed by atoms with E-state index in [0.717, 1.165) is 35.1 Å². The molecule has 1 atom stereocenters. The van der Waals surface area contributed by atoms with Crippen molar-refractivity contribution in [1.29, 1.82) is 0 Å². The molecule has 126 valence electrons. The molecule has 1 N–H and O–H groups in total. The summed E-state index contributed by atoms with van der Waals surface area (Å²) in [6, 6.07) is 5.81. The monoisotopic (exact) mass is 398 g/mol. The largest absolute Gasteiger partial charge is 0.289 e. The number of hydrogen-bond donors (Lipinski definition) is 1. The van der Waals surface area contributed by atoms with Gasteiger partial charge in [-0.15, -0.1) is 5.10 Å². The molecule has 3 aromatic heterocycles. The Labute approximate surface area is 152 Å². The summed E-state index contributed by atoms with van der Waals surface area (Å²) in [6.07, 6.45) is 9.58. The normalized spacial score (nSPS) is 16.3. The highest BCUT2D eigenvalue weighted by molar-refractivity contribution is 9.10. The summed E-state index contributed by atoms with van der Waals surface area (Å²) >= 11 is 3.31. The SMILES string of the molecule is O=C(Nc1nc2n(n1)C(c1ccncc1)CCC2)c1cncc(Br)c1. The van der Waals surface area contributed by atoms with Gasteiger partial charge in [-0.3, -0.25) is 20.1 Å². The number of halogens is 1. The molecule has 7 nitrogen and oxygen atoms in total. The molecule has 0 bridgehead atoms. The number of carbonyl (C=O) groups excluding carboxylic acids is 1. The first-order valence-electron chi connectivity index (χ1n) is 7.98. The average Bonchev–Trinajstić information content (AvgIpc) is 3.04. The van der Waals surface area contributed by atoms with Crippen molar-refractivity contribution in [2.75, 3.05) is 5.32 Å². The van der Waals surface area contributed by atoms with Crippen molar-refractivity contribution in [2.24, 2.45) is 0 Å². The summed E-state index contributed by atoms with van der Waals surface area (Å²) in [5.41, 5.74) is 1.60. The van der Waals surface area contributed by atoms with Crippen LogP contribution in [0.2, 0.25) is 0 Å². The standard InChI is InChI=1S/C17H15BrN6O/c18-13-8-12(9-20-10-13)16(25)22-17-21-15-3-1-2-14(24(15)23-17)11-4-6-19-7-5-11/h4-10,14H,1-3H2,(H,22,23,25). The first-order valence-corrected chi connectivity index (χ1v) is 8.77. The van der Waals surface area contributed by atoms with Crippen LogP contribution >= 0.6 is 15.9 Å². The Morgan fingerprint density at radius 1 is 1.24 bits per heavy atom. The summed E-state index contributed by atoms with van der Waals surface area (Å²) in [5, 5.41) is 7.28. The lowest BCUT2D eigenvalue weighted by atomic mass is 9.99. The van der Waals surface area contributed by atoms with Crippen LogP contribution in [0.15, 0.2) is 47.5 Å². The number of nitrogens with zero attached hydrogens (tertiary/aromatic N) is 5. The summed E-state index contributed by atoms with van der Waals surface area (Å²) < 4.78 is 2.66. The molecule has 1 unspecified atom stereocenters. The molecule has 1 amide bonds. The molecular weight excluding hydrogens is 384 g/mol. The fraction of sp³-hybridized carbons (Fsp3) is 0.235. The highest BCUT2D eigenvalue weighted by Gasteiger charge is 2.25. The molecule has 0 saturated carbocycles. The van der Waals surface area contributed by atoms with Gasteiger partial charge in [-0.25, -0.2) is 4.68 Å². The van der Waals surface area contributed by atoms with Gasteiger partial charge in [-0.2, -0.15) is 4.98 Å². The van der Waals surface area contributed by atoms with E-state index in [1.54, 1.807) is 24.7 Å². The third-order valence-corrected chi connectivity index (χ3v) is 4.59. The van der Waals surface area contributed by atoms with Crippen molar-refractivity contribution in [3.63, 3.8) is 0 Å². The highest BCUT2D eigenvalue weighted by Crippen LogP contribution is 2.29. The zero-order chi connectivity index (χ0) is 17.2. The van der Waals surface area contributed by atoms with E-state index in [0.29, 0.717) is 11.5 Å². The maximum Gasteiger partial charge on any atom is 0.259 e. The second-order valence-corrected chi connectivity index (χ2v) is 6.75. The first kappa shape index (κ1) is 15.9. The van der Waals surface area contributed by atoms with Gasteiger partial charge in [0.15, 0.2) is 0 Å². The van der Waals surface area contributed by atoms with Crippen LogP contribution in [0.1, 0.15) is 40.6 Å². The van der Waals surface area contributed by atoms with E-state index in [-0.39, 0.29) is 11.9 Å². The van der Waals surface area contributed by atoms with Crippen LogP contribution in [-0.2, 0) is 6.42 Å². The smallest absolute Gasteiger partial charge is 0.259 e. The summed E-state index contributed by atoms with van der Waals surface area (Å²) in [7, 11) is 0. The van der Waals surface area contributed by atoms with Gasteiger partial charge in [0.2, 0.25) is 5.95 Å². The van der Waals surface area contributed by atoms with E-state index < -0.39 is 0 Å². The number of nitrogens with one attached hydrogen (secondary N) is 1. The zero-order valence-electron chi connectivity index (χ0n) is 13.3. The predicted molar refractivity (Wildman–Crippen MR) is 95.2 cm³/mol. The zero-order valence-corrected chi connectivity index (χ0v) is 14.8. The molecule has 3 aromatic rings. The average molecular weight is 399 g/mol. The highest BCUT2D eigenvalue weighted by atomic mass is 79.9. The van der Waals surface area contributed by atoms with Crippen molar-refractivity contribution < 1.29 is 4.79 Å². The summed E-state index contributed by atoms with van der Waals surface area (Å²) in [5.74, 6) is 0.925. The van der Waals surface area contributed by atoms with E-state index in [1.165, 1.54) is 6.20 Å². The van der Waals surface area contributed by atoms with E-state index >= 15 is 0 Å². The van der Waals surface area contributed by atoms with Gasteiger partial charge < -0.3 is 0 Å². The van der Waals surface area contributed by atoms with Gasteiger partial charge >= 0.3 is 0 Å². The van der Waals surface area contributed by atoms with Crippen LogP contribution in [0.4, 0.5) is 5.95 Å². The van der Waals surface area contributed by atoms with Crippen molar-refractivity contribution in [1.82, 2.24) is 24.7 Å². The molecule has 25 heavy (non-hydrogen) atoms. The minimum absolute atomic E-state index is 0.123. The molecule has 0 radical (unpaired) electrons. The number of pyridine rings is 2. The van der Waals surface area contributed by atoms with Crippen LogP contribution in [0.25, 0.3) is 0 Å². The maximum absolute atomic E-state index is 12.4. The number of anilines is 1. The number of hydrogen-bond acceptors (Lipinski definition) is 5. The Balaban J connectivity index is 1.59. The Hall–Kier alpha value is -2.61. The minimum Gasteiger partial charge on any atom is -0.289 e. The van der Waals surface area contributed by atoms with Crippen molar-refractivity contribution in [2.45, 2.75) is 25.3 Å². The topological polar surface area (TPSA) is 85.6 Å². The molecule has 1 aliphatic heterocycles. The Morgan fingerprint density at radius 3 is 2.88 bits per heavy atom. The lowest BCUT2D eigenvalue weighted by Crippen LogP contribution is -2.20. The molecule has 8 heteroatoms. The van der Waals surface area contributed by atoms with Crippen molar-refractivity contribution in [3.05, 3.63) is 64.4 Å². The van der Waals surface area contributed by atoms with E-state index in [2.05, 4.69) is 41.3 Å². The fourth-order valence-electron chi connectivity index (χ4n) is 3.01. The third kappa shape index (κ3) is 3.30. The van der Waals surface area contributed by atoms with Crippen LogP contribution in [0, 0.1) is 0 Å². The molecule has 0 saturated heterocycles. The van der Waals surface area contributed by atoms with E-state index in [1.807, 2.05) is 16.8 Å². The second-order valence-electron chi connectivity index (χ2n) is 5.83. The lowest BCUT2D eigenvalue weighted by Gasteiger charge is -2.23. The quantitative estimate of drug-likeness (QED) is 0.732. The first-order chi connectivity index (χ1) is 12.2. The van der Waals surface area contributed by atoms with E-state index in [9.17, 15) is 4.79 Å². The number of amides is 1. The molecule has 4 heterocycles. The summed E-state index contributed by atoms with van der Waals surface area (Å²) in [4.78, 5) is 24.9. The Bertz CT molecular complexity index is 911. The van der Waals surface area contributed by atoms with Crippen LogP contribution in [0.5, 0.6) is 0 Å². The molecule has 1 aliphatic rings. The molecular formula is C17H15BrN6O. The molecule has 4 rings (SSSR count). The Morgan fingerprint density at radius 2 is 2.08 bits per heavy atom. The van der Waals surface area contributed by atoms with Gasteiger partial charge in [0.05, 0.1) is 11.6 Å². The number of carbonyl (C=O) groups is 1. The van der Waals surface area contributed by atoms with Crippen molar-refractivity contribution in [3.8, 4) is 0 Å². The van der Waals surface area contributed by atoms with Gasteiger partial charge in [-0.05, 0) is 52.5 Å². The van der Waals surface area contributed by atoms with Crippen LogP contribution < -0.4 is 5.32 Å². The van der Waals surface area contributed by atoms with Gasteiger partial charge in [0, 0.05) is 35.7 Å². The van der Waals surface area contributed by atoms with Gasteiger partial charge in [0.1, 0.15) is 5.82 Å². The van der Waals surface area contributed by atoms with Crippen LogP contribution in [-0.4, -0.2) is 30.6 Å². The number of aromatic nitrogens is 5. The van der Waals surface area contributed by atoms with E-state index in [4.69, 9.17) is 0 Å².